The first kappa shape index (κ1) is 25.0. The standard InChI is InChI=1S/C23H30N6O4S/c1-16-13-21(28-27-16)26-20-15-18(34(31,32)17-9-7-6-8-10-17)14-19(25-20)24-11-12-29(5)22(30)33-23(2,3)4/h6-10,13-15H,11-12H2,1-5H3,(H3,24,25,26,27,28). The fourth-order valence-corrected chi connectivity index (χ4v) is 4.27. The number of anilines is 3. The SMILES string of the molecule is Cc1cc(Nc2cc(S(=O)(=O)c3ccccc3)cc(NCCN(C)C(=O)OC(C)(C)C)n2)n[nH]1. The van der Waals surface area contributed by atoms with Gasteiger partial charge in [0.15, 0.2) is 5.82 Å². The van der Waals surface area contributed by atoms with Gasteiger partial charge in [0, 0.05) is 38.0 Å². The lowest BCUT2D eigenvalue weighted by Crippen LogP contribution is -2.36. The first-order valence-electron chi connectivity index (χ1n) is 10.7. The number of H-pyrrole nitrogens is 1. The summed E-state index contributed by atoms with van der Waals surface area (Å²) >= 11 is 0. The van der Waals surface area contributed by atoms with Crippen LogP contribution in [0.2, 0.25) is 0 Å². The Balaban J connectivity index is 1.82. The molecule has 2 aromatic heterocycles. The second kappa shape index (κ2) is 10.1. The van der Waals surface area contributed by atoms with Crippen molar-refractivity contribution in [3.05, 3.63) is 54.2 Å². The molecule has 1 amide bonds. The van der Waals surface area contributed by atoms with Crippen molar-refractivity contribution in [1.82, 2.24) is 20.1 Å². The van der Waals surface area contributed by atoms with Crippen LogP contribution in [0.25, 0.3) is 0 Å². The van der Waals surface area contributed by atoms with Gasteiger partial charge in [-0.1, -0.05) is 18.2 Å². The molecule has 2 heterocycles. The van der Waals surface area contributed by atoms with Gasteiger partial charge >= 0.3 is 6.09 Å². The molecule has 34 heavy (non-hydrogen) atoms. The summed E-state index contributed by atoms with van der Waals surface area (Å²) < 4.78 is 31.8. The smallest absolute Gasteiger partial charge is 0.410 e. The molecule has 11 heteroatoms. The zero-order valence-corrected chi connectivity index (χ0v) is 20.7. The minimum atomic E-state index is -3.78. The molecule has 0 spiro atoms. The highest BCUT2D eigenvalue weighted by molar-refractivity contribution is 7.91. The van der Waals surface area contributed by atoms with E-state index in [1.54, 1.807) is 64.2 Å². The van der Waals surface area contributed by atoms with Gasteiger partial charge in [-0.2, -0.15) is 5.10 Å². The number of benzene rings is 1. The van der Waals surface area contributed by atoms with Gasteiger partial charge in [0.25, 0.3) is 0 Å². The number of hydrogen-bond acceptors (Lipinski definition) is 8. The van der Waals surface area contributed by atoms with Gasteiger partial charge in [0.2, 0.25) is 9.84 Å². The van der Waals surface area contributed by atoms with Crippen LogP contribution in [0.4, 0.5) is 22.2 Å². The van der Waals surface area contributed by atoms with Gasteiger partial charge in [-0.3, -0.25) is 5.10 Å². The third-order valence-electron chi connectivity index (χ3n) is 4.58. The summed E-state index contributed by atoms with van der Waals surface area (Å²) in [6, 6.07) is 12.9. The number of carbonyl (C=O) groups is 1. The Kier molecular flexibility index (Phi) is 7.45. The minimum Gasteiger partial charge on any atom is -0.444 e. The first-order valence-corrected chi connectivity index (χ1v) is 12.2. The molecule has 0 atom stereocenters. The van der Waals surface area contributed by atoms with E-state index < -0.39 is 21.5 Å². The van der Waals surface area contributed by atoms with E-state index in [1.807, 2.05) is 6.92 Å². The highest BCUT2D eigenvalue weighted by Crippen LogP contribution is 2.26. The van der Waals surface area contributed by atoms with E-state index in [2.05, 4.69) is 25.8 Å². The second-order valence-electron chi connectivity index (χ2n) is 8.78. The molecule has 0 aliphatic carbocycles. The molecule has 0 unspecified atom stereocenters. The van der Waals surface area contributed by atoms with Crippen molar-refractivity contribution < 1.29 is 17.9 Å². The molecule has 182 valence electrons. The monoisotopic (exact) mass is 486 g/mol. The molecule has 1 aromatic carbocycles. The largest absolute Gasteiger partial charge is 0.444 e. The summed E-state index contributed by atoms with van der Waals surface area (Å²) in [7, 11) is -2.15. The molecule has 0 aliphatic heterocycles. The number of sulfone groups is 1. The maximum atomic E-state index is 13.2. The van der Waals surface area contributed by atoms with Gasteiger partial charge in [0.05, 0.1) is 9.79 Å². The van der Waals surface area contributed by atoms with Gasteiger partial charge in [-0.25, -0.2) is 18.2 Å². The van der Waals surface area contributed by atoms with Gasteiger partial charge < -0.3 is 20.3 Å². The number of aryl methyl sites for hydroxylation is 1. The van der Waals surface area contributed by atoms with Crippen LogP contribution < -0.4 is 10.6 Å². The molecule has 3 N–H and O–H groups in total. The Bertz CT molecular complexity index is 1240. The second-order valence-corrected chi connectivity index (χ2v) is 10.7. The number of ether oxygens (including phenoxy) is 1. The highest BCUT2D eigenvalue weighted by atomic mass is 32.2. The molecule has 3 rings (SSSR count). The van der Waals surface area contributed by atoms with Crippen LogP contribution >= 0.6 is 0 Å². The van der Waals surface area contributed by atoms with Gasteiger partial charge in [-0.15, -0.1) is 0 Å². The normalized spacial score (nSPS) is 11.7. The lowest BCUT2D eigenvalue weighted by atomic mass is 10.2. The lowest BCUT2D eigenvalue weighted by molar-refractivity contribution is 0.0305. The molecule has 0 saturated carbocycles. The third-order valence-corrected chi connectivity index (χ3v) is 6.33. The Morgan fingerprint density at radius 1 is 1.06 bits per heavy atom. The van der Waals surface area contributed by atoms with Crippen molar-refractivity contribution in [3.8, 4) is 0 Å². The van der Waals surface area contributed by atoms with Crippen LogP contribution in [-0.4, -0.2) is 60.3 Å². The van der Waals surface area contributed by atoms with E-state index >= 15 is 0 Å². The average Bonchev–Trinajstić information content (AvgIpc) is 3.17. The van der Waals surface area contributed by atoms with Crippen LogP contribution in [0, 0.1) is 6.92 Å². The van der Waals surface area contributed by atoms with Crippen molar-refractivity contribution in [3.63, 3.8) is 0 Å². The maximum Gasteiger partial charge on any atom is 0.410 e. The Hall–Kier alpha value is -3.60. The Labute approximate surface area is 199 Å². The molecular formula is C23H30N6O4S. The summed E-state index contributed by atoms with van der Waals surface area (Å²) in [6.45, 7) is 7.92. The number of amides is 1. The molecule has 0 fully saturated rings. The Morgan fingerprint density at radius 3 is 2.35 bits per heavy atom. The van der Waals surface area contributed by atoms with E-state index in [-0.39, 0.29) is 9.79 Å². The van der Waals surface area contributed by atoms with E-state index in [0.29, 0.717) is 30.5 Å². The van der Waals surface area contributed by atoms with Gasteiger partial charge in [-0.05, 0) is 45.9 Å². The fourth-order valence-electron chi connectivity index (χ4n) is 2.95. The zero-order chi connectivity index (χ0) is 24.9. The predicted molar refractivity (Wildman–Crippen MR) is 130 cm³/mol. The molecule has 3 aromatic rings. The molecular weight excluding hydrogens is 456 g/mol. The number of nitrogens with zero attached hydrogens (tertiary/aromatic N) is 3. The number of aromatic amines is 1. The Morgan fingerprint density at radius 2 is 1.74 bits per heavy atom. The molecule has 10 nitrogen and oxygen atoms in total. The zero-order valence-electron chi connectivity index (χ0n) is 19.9. The number of pyridine rings is 1. The van der Waals surface area contributed by atoms with E-state index in [9.17, 15) is 13.2 Å². The lowest BCUT2D eigenvalue weighted by Gasteiger charge is -2.24. The van der Waals surface area contributed by atoms with E-state index in [0.717, 1.165) is 5.69 Å². The molecule has 0 saturated heterocycles. The average molecular weight is 487 g/mol. The van der Waals surface area contributed by atoms with Crippen LogP contribution in [0.3, 0.4) is 0 Å². The quantitative estimate of drug-likeness (QED) is 0.436. The summed E-state index contributed by atoms with van der Waals surface area (Å²) in [5.74, 6) is 1.16. The van der Waals surface area contributed by atoms with Crippen molar-refractivity contribution >= 4 is 33.4 Å². The van der Waals surface area contributed by atoms with Crippen molar-refractivity contribution in [2.75, 3.05) is 30.8 Å². The summed E-state index contributed by atoms with van der Waals surface area (Å²) in [5.41, 5.74) is 0.255. The molecule has 0 aliphatic rings. The first-order chi connectivity index (χ1) is 15.9. The summed E-state index contributed by atoms with van der Waals surface area (Å²) in [4.78, 5) is 18.3. The minimum absolute atomic E-state index is 0.0754. The maximum absolute atomic E-state index is 13.2. The fraction of sp³-hybridized carbons (Fsp3) is 0.348. The summed E-state index contributed by atoms with van der Waals surface area (Å²) in [6.07, 6.45) is -0.445. The number of rotatable bonds is 8. The topological polar surface area (TPSA) is 129 Å². The third kappa shape index (κ3) is 6.70. The number of aromatic nitrogens is 3. The van der Waals surface area contributed by atoms with Crippen LogP contribution in [0.1, 0.15) is 26.5 Å². The van der Waals surface area contributed by atoms with Crippen molar-refractivity contribution in [2.24, 2.45) is 0 Å². The molecule has 0 bridgehead atoms. The number of hydrogen-bond donors (Lipinski definition) is 3. The number of carbonyl (C=O) groups excluding carboxylic acids is 1. The number of nitrogens with one attached hydrogen (secondary N) is 3. The van der Waals surface area contributed by atoms with Crippen molar-refractivity contribution in [1.29, 1.82) is 0 Å². The highest BCUT2D eigenvalue weighted by Gasteiger charge is 2.21. The van der Waals surface area contributed by atoms with Crippen LogP contribution in [-0.2, 0) is 14.6 Å². The van der Waals surface area contributed by atoms with Gasteiger partial charge in [0.1, 0.15) is 17.2 Å². The van der Waals surface area contributed by atoms with E-state index in [1.165, 1.54) is 17.0 Å². The van der Waals surface area contributed by atoms with Crippen LogP contribution in [0.5, 0.6) is 0 Å². The predicted octanol–water partition coefficient (Wildman–Crippen LogP) is 3.97. The van der Waals surface area contributed by atoms with E-state index in [4.69, 9.17) is 4.74 Å². The summed E-state index contributed by atoms with van der Waals surface area (Å²) in [5, 5.41) is 13.1. The number of likely N-dealkylation sites (N-methyl/N-ethyl adjacent to an activating group) is 1. The molecule has 0 radical (unpaired) electrons. The van der Waals surface area contributed by atoms with Crippen molar-refractivity contribution in [2.45, 2.75) is 43.1 Å². The van der Waals surface area contributed by atoms with Crippen LogP contribution in [0.15, 0.2) is 58.3 Å².